The van der Waals surface area contributed by atoms with Gasteiger partial charge >= 0.3 is 0 Å². The molecule has 0 aliphatic heterocycles. The molecule has 32 heavy (non-hydrogen) atoms. The predicted octanol–water partition coefficient (Wildman–Crippen LogP) is 3.09. The van der Waals surface area contributed by atoms with Crippen LogP contribution < -0.4 is 15.7 Å². The van der Waals surface area contributed by atoms with Crippen molar-refractivity contribution in [3.8, 4) is 0 Å². The number of sulfonamides is 1. The van der Waals surface area contributed by atoms with E-state index in [0.717, 1.165) is 5.39 Å². The highest BCUT2D eigenvalue weighted by atomic mass is 32.2. The van der Waals surface area contributed by atoms with Crippen LogP contribution in [-0.4, -0.2) is 25.5 Å². The van der Waals surface area contributed by atoms with Crippen molar-refractivity contribution in [1.82, 2.24) is 10.4 Å². The van der Waals surface area contributed by atoms with Crippen LogP contribution in [0.15, 0.2) is 99.7 Å². The number of hydrazone groups is 1. The summed E-state index contributed by atoms with van der Waals surface area (Å²) in [5.41, 5.74) is 3.63. The molecule has 0 fully saturated rings. The summed E-state index contributed by atoms with van der Waals surface area (Å²) < 4.78 is 27.2. The van der Waals surface area contributed by atoms with Crippen LogP contribution in [0.1, 0.15) is 15.9 Å². The first-order valence-electron chi connectivity index (χ1n) is 9.56. The van der Waals surface area contributed by atoms with Gasteiger partial charge in [0, 0.05) is 16.8 Å². The number of benzene rings is 3. The summed E-state index contributed by atoms with van der Waals surface area (Å²) in [6.07, 6.45) is 1.27. The van der Waals surface area contributed by atoms with Gasteiger partial charge in [-0.05, 0) is 53.9 Å². The minimum absolute atomic E-state index is 0.139. The third-order valence-electron chi connectivity index (χ3n) is 4.60. The van der Waals surface area contributed by atoms with Crippen LogP contribution in [0.2, 0.25) is 0 Å². The first kappa shape index (κ1) is 21.0. The lowest BCUT2D eigenvalue weighted by Gasteiger charge is -2.08. The molecular formula is C23H18N4O4S. The Balaban J connectivity index is 1.42. The van der Waals surface area contributed by atoms with Gasteiger partial charge in [0.15, 0.2) is 0 Å². The largest absolute Gasteiger partial charge is 0.321 e. The fourth-order valence-electron chi connectivity index (χ4n) is 2.99. The topological polar surface area (TPSA) is 120 Å². The molecule has 0 aliphatic rings. The Hall–Kier alpha value is -4.24. The van der Waals surface area contributed by atoms with Crippen molar-refractivity contribution in [2.24, 2.45) is 5.10 Å². The Morgan fingerprint density at radius 3 is 2.34 bits per heavy atom. The molecule has 0 saturated heterocycles. The van der Waals surface area contributed by atoms with Crippen molar-refractivity contribution in [1.29, 1.82) is 0 Å². The van der Waals surface area contributed by atoms with E-state index in [1.807, 2.05) is 18.2 Å². The minimum atomic E-state index is -3.72. The number of nitrogens with zero attached hydrogens (tertiary/aromatic N) is 1. The fourth-order valence-corrected chi connectivity index (χ4v) is 4.07. The summed E-state index contributed by atoms with van der Waals surface area (Å²) in [4.78, 5) is 27.3. The highest BCUT2D eigenvalue weighted by molar-refractivity contribution is 7.92. The maximum atomic E-state index is 12.4. The summed E-state index contributed by atoms with van der Waals surface area (Å²) in [5, 5.41) is 4.69. The van der Waals surface area contributed by atoms with Gasteiger partial charge in [0.25, 0.3) is 21.5 Å². The summed E-state index contributed by atoms with van der Waals surface area (Å²) in [6, 6.07) is 22.9. The van der Waals surface area contributed by atoms with Gasteiger partial charge in [-0.1, -0.05) is 36.4 Å². The lowest BCUT2D eigenvalue weighted by atomic mass is 10.2. The van der Waals surface area contributed by atoms with E-state index in [1.165, 1.54) is 42.6 Å². The van der Waals surface area contributed by atoms with Gasteiger partial charge in [0.05, 0.1) is 16.7 Å². The molecule has 0 bridgehead atoms. The molecule has 1 aromatic heterocycles. The smallest absolute Gasteiger partial charge is 0.271 e. The number of carbonyl (C=O) groups is 1. The Labute approximate surface area is 183 Å². The zero-order valence-corrected chi connectivity index (χ0v) is 17.5. The molecule has 8 nitrogen and oxygen atoms in total. The molecule has 3 N–H and O–H groups in total. The zero-order valence-electron chi connectivity index (χ0n) is 16.6. The number of fused-ring (bicyclic) bond motifs is 1. The number of anilines is 1. The Bertz CT molecular complexity index is 1460. The zero-order chi connectivity index (χ0) is 22.6. The normalized spacial score (nSPS) is 11.5. The minimum Gasteiger partial charge on any atom is -0.321 e. The van der Waals surface area contributed by atoms with Gasteiger partial charge in [-0.25, -0.2) is 13.8 Å². The molecule has 4 rings (SSSR count). The van der Waals surface area contributed by atoms with Crippen LogP contribution in [0.25, 0.3) is 10.9 Å². The summed E-state index contributed by atoms with van der Waals surface area (Å²) >= 11 is 0. The predicted molar refractivity (Wildman–Crippen MR) is 123 cm³/mol. The highest BCUT2D eigenvalue weighted by Crippen LogP contribution is 2.16. The number of aromatic amines is 1. The third-order valence-corrected chi connectivity index (χ3v) is 6.00. The fraction of sp³-hybridized carbons (Fsp3) is 0. The van der Waals surface area contributed by atoms with E-state index in [-0.39, 0.29) is 16.0 Å². The van der Waals surface area contributed by atoms with E-state index in [0.29, 0.717) is 16.8 Å². The molecule has 0 radical (unpaired) electrons. The van der Waals surface area contributed by atoms with E-state index < -0.39 is 15.9 Å². The number of carbonyl (C=O) groups excluding carboxylic acids is 1. The molecule has 1 heterocycles. The van der Waals surface area contributed by atoms with Gasteiger partial charge in [-0.2, -0.15) is 5.10 Å². The van der Waals surface area contributed by atoms with Crippen LogP contribution in [0.5, 0.6) is 0 Å². The van der Waals surface area contributed by atoms with E-state index in [9.17, 15) is 18.0 Å². The molecule has 4 aromatic rings. The number of amides is 1. The number of nitrogens with one attached hydrogen (secondary N) is 3. The standard InChI is InChI=1S/C23H18N4O4S/c28-22-18(14-17-6-4-5-9-21(17)25-22)15-24-26-23(29)16-10-12-19(13-11-16)27-32(30,31)20-7-2-1-3-8-20/h1-15,27H,(H,25,28)(H,26,29)/b24-15-. The molecule has 0 unspecified atom stereocenters. The Morgan fingerprint density at radius 1 is 0.906 bits per heavy atom. The van der Waals surface area contributed by atoms with Crippen molar-refractivity contribution in [3.63, 3.8) is 0 Å². The molecule has 0 saturated carbocycles. The number of hydrogen-bond acceptors (Lipinski definition) is 5. The quantitative estimate of drug-likeness (QED) is 0.311. The average Bonchev–Trinajstić information content (AvgIpc) is 2.80. The van der Waals surface area contributed by atoms with Crippen molar-refractivity contribution in [2.75, 3.05) is 4.72 Å². The maximum Gasteiger partial charge on any atom is 0.271 e. The second-order valence-electron chi connectivity index (χ2n) is 6.84. The Morgan fingerprint density at radius 2 is 1.59 bits per heavy atom. The maximum absolute atomic E-state index is 12.4. The molecule has 0 atom stereocenters. The van der Waals surface area contributed by atoms with Crippen molar-refractivity contribution in [2.45, 2.75) is 4.90 Å². The number of hydrogen-bond donors (Lipinski definition) is 3. The van der Waals surface area contributed by atoms with Crippen LogP contribution in [0, 0.1) is 0 Å². The number of para-hydroxylation sites is 1. The number of pyridine rings is 1. The van der Waals surface area contributed by atoms with Gasteiger partial charge in [0.1, 0.15) is 0 Å². The summed E-state index contributed by atoms with van der Waals surface area (Å²) in [5.74, 6) is -0.504. The van der Waals surface area contributed by atoms with Gasteiger partial charge in [0.2, 0.25) is 0 Å². The monoisotopic (exact) mass is 446 g/mol. The number of rotatable bonds is 6. The van der Waals surface area contributed by atoms with Crippen LogP contribution in [-0.2, 0) is 10.0 Å². The van der Waals surface area contributed by atoms with E-state index >= 15 is 0 Å². The van der Waals surface area contributed by atoms with E-state index in [4.69, 9.17) is 0 Å². The molecule has 1 amide bonds. The third kappa shape index (κ3) is 4.73. The lowest BCUT2D eigenvalue weighted by molar-refractivity contribution is 0.0955. The van der Waals surface area contributed by atoms with Crippen LogP contribution >= 0.6 is 0 Å². The molecule has 0 spiro atoms. The van der Waals surface area contributed by atoms with Gasteiger partial charge in [-0.3, -0.25) is 14.3 Å². The van der Waals surface area contributed by atoms with Crippen molar-refractivity contribution >= 4 is 38.7 Å². The highest BCUT2D eigenvalue weighted by Gasteiger charge is 2.13. The molecule has 0 aliphatic carbocycles. The summed E-state index contributed by atoms with van der Waals surface area (Å²) in [7, 11) is -3.72. The second kappa shape index (κ2) is 8.86. The first-order chi connectivity index (χ1) is 15.4. The van der Waals surface area contributed by atoms with Gasteiger partial charge < -0.3 is 4.98 Å². The average molecular weight is 446 g/mol. The van der Waals surface area contributed by atoms with Crippen LogP contribution in [0.4, 0.5) is 5.69 Å². The molecule has 3 aromatic carbocycles. The SMILES string of the molecule is O=C(N/N=C\c1cc2ccccc2[nH]c1=O)c1ccc(NS(=O)(=O)c2ccccc2)cc1. The second-order valence-corrected chi connectivity index (χ2v) is 8.52. The molecule has 9 heteroatoms. The van der Waals surface area contributed by atoms with Gasteiger partial charge in [-0.15, -0.1) is 0 Å². The first-order valence-corrected chi connectivity index (χ1v) is 11.0. The number of aromatic nitrogens is 1. The summed E-state index contributed by atoms with van der Waals surface area (Å²) in [6.45, 7) is 0. The van der Waals surface area contributed by atoms with E-state index in [1.54, 1.807) is 30.3 Å². The van der Waals surface area contributed by atoms with Crippen LogP contribution in [0.3, 0.4) is 0 Å². The molecular weight excluding hydrogens is 428 g/mol. The Kier molecular flexibility index (Phi) is 5.82. The van der Waals surface area contributed by atoms with Crippen molar-refractivity contribution in [3.05, 3.63) is 106 Å². The number of H-pyrrole nitrogens is 1. The van der Waals surface area contributed by atoms with E-state index in [2.05, 4.69) is 20.2 Å². The lowest BCUT2D eigenvalue weighted by Crippen LogP contribution is -2.19. The molecule has 160 valence electrons. The van der Waals surface area contributed by atoms with Crippen molar-refractivity contribution < 1.29 is 13.2 Å².